The molecule has 1 rings (SSSR count). The number of methoxy groups -OCH3 is 2. The highest BCUT2D eigenvalue weighted by atomic mass is 19.1. The van der Waals surface area contributed by atoms with Crippen LogP contribution in [0.4, 0.5) is 4.39 Å². The van der Waals surface area contributed by atoms with Gasteiger partial charge in [-0.15, -0.1) is 0 Å². The largest absolute Gasteiger partial charge is 0.492 e. The molecular formula is C12H16FNO4. The predicted molar refractivity (Wildman–Crippen MR) is 63.3 cm³/mol. The minimum Gasteiger partial charge on any atom is -0.492 e. The number of carbonyl (C=O) groups is 1. The monoisotopic (exact) mass is 257 g/mol. The standard InChI is InChI=1S/C12H16FNO4/c1-17-11-7(9(14)5-6-10(15)16)3-4-8(13)12(11)18-2/h3-4,9H,5-6,14H2,1-2H3,(H,15,16). The maximum atomic E-state index is 13.5. The maximum Gasteiger partial charge on any atom is 0.303 e. The van der Waals surface area contributed by atoms with Crippen LogP contribution in [0.2, 0.25) is 0 Å². The molecular weight excluding hydrogens is 241 g/mol. The smallest absolute Gasteiger partial charge is 0.303 e. The van der Waals surface area contributed by atoms with E-state index in [1.54, 1.807) is 0 Å². The first-order valence-electron chi connectivity index (χ1n) is 5.39. The molecule has 0 aliphatic rings. The molecule has 1 aromatic carbocycles. The van der Waals surface area contributed by atoms with Crippen LogP contribution in [0.3, 0.4) is 0 Å². The third-order valence-corrected chi connectivity index (χ3v) is 2.57. The lowest BCUT2D eigenvalue weighted by atomic mass is 10.0. The van der Waals surface area contributed by atoms with E-state index >= 15 is 0 Å². The first kappa shape index (κ1) is 14.2. The summed E-state index contributed by atoms with van der Waals surface area (Å²) in [5.74, 6) is -1.31. The van der Waals surface area contributed by atoms with Crippen LogP contribution >= 0.6 is 0 Å². The zero-order chi connectivity index (χ0) is 13.7. The van der Waals surface area contributed by atoms with Gasteiger partial charge in [0.25, 0.3) is 0 Å². The first-order chi connectivity index (χ1) is 8.51. The number of halogens is 1. The highest BCUT2D eigenvalue weighted by Crippen LogP contribution is 2.37. The van der Waals surface area contributed by atoms with E-state index < -0.39 is 17.8 Å². The van der Waals surface area contributed by atoms with Crippen molar-refractivity contribution in [2.45, 2.75) is 18.9 Å². The number of aliphatic carboxylic acids is 1. The van der Waals surface area contributed by atoms with Crippen LogP contribution < -0.4 is 15.2 Å². The van der Waals surface area contributed by atoms with Gasteiger partial charge in [0.2, 0.25) is 0 Å². The molecule has 0 aliphatic heterocycles. The highest BCUT2D eigenvalue weighted by molar-refractivity contribution is 5.66. The molecule has 1 atom stereocenters. The third-order valence-electron chi connectivity index (χ3n) is 2.57. The molecule has 0 saturated carbocycles. The second-order valence-electron chi connectivity index (χ2n) is 3.74. The number of nitrogens with two attached hydrogens (primary N) is 1. The van der Waals surface area contributed by atoms with E-state index in [9.17, 15) is 9.18 Å². The van der Waals surface area contributed by atoms with Gasteiger partial charge in [-0.1, -0.05) is 6.07 Å². The Labute approximate surface area is 104 Å². The lowest BCUT2D eigenvalue weighted by Crippen LogP contribution is -2.14. The van der Waals surface area contributed by atoms with Crippen LogP contribution in [0, 0.1) is 5.82 Å². The molecule has 100 valence electrons. The van der Waals surface area contributed by atoms with Gasteiger partial charge in [0, 0.05) is 18.0 Å². The van der Waals surface area contributed by atoms with Gasteiger partial charge in [-0.3, -0.25) is 4.79 Å². The Morgan fingerprint density at radius 3 is 2.50 bits per heavy atom. The van der Waals surface area contributed by atoms with Crippen LogP contribution in [-0.2, 0) is 4.79 Å². The minimum absolute atomic E-state index is 0.0271. The van der Waals surface area contributed by atoms with Gasteiger partial charge in [-0.2, -0.15) is 0 Å². The molecule has 18 heavy (non-hydrogen) atoms. The van der Waals surface area contributed by atoms with E-state index in [-0.39, 0.29) is 24.3 Å². The van der Waals surface area contributed by atoms with Crippen molar-refractivity contribution in [1.29, 1.82) is 0 Å². The molecule has 3 N–H and O–H groups in total. The second-order valence-corrected chi connectivity index (χ2v) is 3.74. The van der Waals surface area contributed by atoms with E-state index in [4.69, 9.17) is 20.3 Å². The summed E-state index contributed by atoms with van der Waals surface area (Å²) in [6.45, 7) is 0. The SMILES string of the molecule is COc1c(F)ccc(C(N)CCC(=O)O)c1OC. The number of hydrogen-bond donors (Lipinski definition) is 2. The minimum atomic E-state index is -0.932. The Balaban J connectivity index is 3.04. The molecule has 0 fully saturated rings. The molecule has 0 spiro atoms. The van der Waals surface area contributed by atoms with Crippen molar-refractivity contribution in [2.24, 2.45) is 5.73 Å². The van der Waals surface area contributed by atoms with Gasteiger partial charge in [0.15, 0.2) is 17.3 Å². The lowest BCUT2D eigenvalue weighted by molar-refractivity contribution is -0.137. The van der Waals surface area contributed by atoms with Crippen molar-refractivity contribution in [3.05, 3.63) is 23.5 Å². The molecule has 0 amide bonds. The van der Waals surface area contributed by atoms with E-state index in [1.807, 2.05) is 0 Å². The fourth-order valence-corrected chi connectivity index (χ4v) is 1.68. The van der Waals surface area contributed by atoms with Crippen molar-refractivity contribution < 1.29 is 23.8 Å². The quantitative estimate of drug-likeness (QED) is 0.810. The summed E-state index contributed by atoms with van der Waals surface area (Å²) in [7, 11) is 2.71. The van der Waals surface area contributed by atoms with E-state index in [0.717, 1.165) is 0 Å². The molecule has 0 aromatic heterocycles. The molecule has 0 heterocycles. The number of hydrogen-bond acceptors (Lipinski definition) is 4. The Hall–Kier alpha value is -1.82. The average Bonchev–Trinajstić information content (AvgIpc) is 2.35. The van der Waals surface area contributed by atoms with Crippen molar-refractivity contribution in [1.82, 2.24) is 0 Å². The molecule has 5 nitrogen and oxygen atoms in total. The van der Waals surface area contributed by atoms with Gasteiger partial charge in [0.1, 0.15) is 0 Å². The average molecular weight is 257 g/mol. The van der Waals surface area contributed by atoms with Crippen molar-refractivity contribution in [3.8, 4) is 11.5 Å². The summed E-state index contributed by atoms with van der Waals surface area (Å²) in [6.07, 6.45) is 0.171. The number of carboxylic acid groups (broad SMARTS) is 1. The summed E-state index contributed by atoms with van der Waals surface area (Å²) < 4.78 is 23.5. The van der Waals surface area contributed by atoms with Gasteiger partial charge >= 0.3 is 5.97 Å². The summed E-state index contributed by atoms with van der Waals surface area (Å²) >= 11 is 0. The van der Waals surface area contributed by atoms with Crippen LogP contribution in [0.15, 0.2) is 12.1 Å². The molecule has 6 heteroatoms. The second kappa shape index (κ2) is 6.20. The molecule has 0 bridgehead atoms. The van der Waals surface area contributed by atoms with Crippen LogP contribution in [0.25, 0.3) is 0 Å². The molecule has 1 aromatic rings. The molecule has 0 aliphatic carbocycles. The van der Waals surface area contributed by atoms with E-state index in [1.165, 1.54) is 26.4 Å². The first-order valence-corrected chi connectivity index (χ1v) is 5.39. The number of ether oxygens (including phenoxy) is 2. The Morgan fingerprint density at radius 1 is 1.39 bits per heavy atom. The fraction of sp³-hybridized carbons (Fsp3) is 0.417. The molecule has 0 saturated heterocycles. The van der Waals surface area contributed by atoms with Gasteiger partial charge in [-0.05, 0) is 12.5 Å². The molecule has 0 radical (unpaired) electrons. The number of rotatable bonds is 6. The van der Waals surface area contributed by atoms with Crippen molar-refractivity contribution in [3.63, 3.8) is 0 Å². The zero-order valence-electron chi connectivity index (χ0n) is 10.3. The summed E-state index contributed by atoms with van der Waals surface area (Å²) in [6, 6.07) is 2.14. The normalized spacial score (nSPS) is 12.0. The van der Waals surface area contributed by atoms with Crippen LogP contribution in [-0.4, -0.2) is 25.3 Å². The van der Waals surface area contributed by atoms with Crippen molar-refractivity contribution >= 4 is 5.97 Å². The van der Waals surface area contributed by atoms with E-state index in [2.05, 4.69) is 0 Å². The van der Waals surface area contributed by atoms with Crippen molar-refractivity contribution in [2.75, 3.05) is 14.2 Å². The lowest BCUT2D eigenvalue weighted by Gasteiger charge is -2.17. The van der Waals surface area contributed by atoms with Crippen LogP contribution in [0.1, 0.15) is 24.4 Å². The summed E-state index contributed by atoms with van der Waals surface area (Å²) in [4.78, 5) is 10.5. The Bertz CT molecular complexity index is 436. The highest BCUT2D eigenvalue weighted by Gasteiger charge is 2.19. The number of benzene rings is 1. The van der Waals surface area contributed by atoms with Crippen LogP contribution in [0.5, 0.6) is 11.5 Å². The maximum absolute atomic E-state index is 13.5. The zero-order valence-corrected chi connectivity index (χ0v) is 10.3. The Kier molecular flexibility index (Phi) is 4.91. The topological polar surface area (TPSA) is 81.8 Å². The van der Waals surface area contributed by atoms with Gasteiger partial charge in [0.05, 0.1) is 14.2 Å². The molecule has 1 unspecified atom stereocenters. The van der Waals surface area contributed by atoms with E-state index in [0.29, 0.717) is 5.56 Å². The van der Waals surface area contributed by atoms with Gasteiger partial charge in [-0.25, -0.2) is 4.39 Å². The summed E-state index contributed by atoms with van der Waals surface area (Å²) in [5, 5.41) is 8.61. The third kappa shape index (κ3) is 3.10. The van der Waals surface area contributed by atoms with Gasteiger partial charge < -0.3 is 20.3 Å². The Morgan fingerprint density at radius 2 is 2.00 bits per heavy atom. The summed E-state index contributed by atoms with van der Waals surface area (Å²) in [5.41, 5.74) is 6.40. The number of carboxylic acids is 1. The fourth-order valence-electron chi connectivity index (χ4n) is 1.68. The predicted octanol–water partition coefficient (Wildman–Crippen LogP) is 1.71.